The van der Waals surface area contributed by atoms with Crippen LogP contribution in [0, 0.1) is 0 Å². The van der Waals surface area contributed by atoms with E-state index >= 15 is 0 Å². The van der Waals surface area contributed by atoms with Crippen LogP contribution >= 0.6 is 0 Å². The monoisotopic (exact) mass is 309 g/mol. The lowest BCUT2D eigenvalue weighted by atomic mass is 10.2. The lowest BCUT2D eigenvalue weighted by Crippen LogP contribution is -2.19. The Morgan fingerprint density at radius 1 is 1.09 bits per heavy atom. The van der Waals surface area contributed by atoms with Gasteiger partial charge in [0.1, 0.15) is 5.75 Å². The van der Waals surface area contributed by atoms with E-state index in [4.69, 9.17) is 4.74 Å². The third kappa shape index (κ3) is 3.29. The molecular formula is C18H19N3O2. The highest BCUT2D eigenvalue weighted by molar-refractivity contribution is 6.06. The Hall–Kier alpha value is -2.95. The summed E-state index contributed by atoms with van der Waals surface area (Å²) < 4.78 is 7.37. The van der Waals surface area contributed by atoms with Gasteiger partial charge in [0.05, 0.1) is 12.3 Å². The number of nitrogens with zero attached hydrogens (tertiary/aromatic N) is 1. The third-order valence-corrected chi connectivity index (χ3v) is 3.57. The Kier molecular flexibility index (Phi) is 4.19. The molecule has 0 saturated heterocycles. The maximum absolute atomic E-state index is 12.2. The molecule has 5 heteroatoms. The molecule has 0 unspecified atom stereocenters. The fraction of sp³-hybridized carbons (Fsp3) is 0.167. The SMILES string of the molecule is CCOc1ccc(NC(=O)Nc2cn(C)c3ccccc23)cc1. The van der Waals surface area contributed by atoms with E-state index in [1.807, 2.05) is 73.3 Å². The molecule has 5 nitrogen and oxygen atoms in total. The number of aryl methyl sites for hydroxylation is 1. The van der Waals surface area contributed by atoms with E-state index in [0.29, 0.717) is 12.3 Å². The number of para-hydroxylation sites is 1. The standard InChI is InChI=1S/C18H19N3O2/c1-3-23-14-10-8-13(9-11-14)19-18(22)20-16-12-21(2)17-7-5-4-6-15(16)17/h4-12H,3H2,1-2H3,(H2,19,20,22). The van der Waals surface area contributed by atoms with Crippen LogP contribution in [-0.4, -0.2) is 17.2 Å². The minimum atomic E-state index is -0.273. The summed E-state index contributed by atoms with van der Waals surface area (Å²) in [5.41, 5.74) is 2.57. The smallest absolute Gasteiger partial charge is 0.323 e. The third-order valence-electron chi connectivity index (χ3n) is 3.57. The van der Waals surface area contributed by atoms with Crippen LogP contribution in [0.4, 0.5) is 16.2 Å². The van der Waals surface area contributed by atoms with Crippen LogP contribution in [0.3, 0.4) is 0 Å². The van der Waals surface area contributed by atoms with Crippen LogP contribution in [0.15, 0.2) is 54.7 Å². The van der Waals surface area contributed by atoms with Crippen LogP contribution < -0.4 is 15.4 Å². The molecule has 2 aromatic carbocycles. The number of anilines is 2. The summed E-state index contributed by atoms with van der Waals surface area (Å²) in [5.74, 6) is 0.785. The molecule has 0 saturated carbocycles. The highest BCUT2D eigenvalue weighted by Crippen LogP contribution is 2.25. The molecule has 0 spiro atoms. The second-order valence-electron chi connectivity index (χ2n) is 5.21. The zero-order chi connectivity index (χ0) is 16.2. The molecule has 1 heterocycles. The maximum Gasteiger partial charge on any atom is 0.323 e. The molecule has 2 amide bonds. The first-order valence-electron chi connectivity index (χ1n) is 7.52. The van der Waals surface area contributed by atoms with Gasteiger partial charge in [-0.1, -0.05) is 18.2 Å². The van der Waals surface area contributed by atoms with E-state index < -0.39 is 0 Å². The van der Waals surface area contributed by atoms with Crippen LogP contribution in [0.1, 0.15) is 6.92 Å². The highest BCUT2D eigenvalue weighted by atomic mass is 16.5. The van der Waals surface area contributed by atoms with Gasteiger partial charge in [-0.25, -0.2) is 4.79 Å². The summed E-state index contributed by atoms with van der Waals surface area (Å²) in [6.45, 7) is 2.55. The predicted molar refractivity (Wildman–Crippen MR) is 93.2 cm³/mol. The van der Waals surface area contributed by atoms with Crippen molar-refractivity contribution in [3.63, 3.8) is 0 Å². The van der Waals surface area contributed by atoms with Crippen molar-refractivity contribution < 1.29 is 9.53 Å². The normalized spacial score (nSPS) is 10.5. The first-order chi connectivity index (χ1) is 11.2. The molecule has 118 valence electrons. The summed E-state index contributed by atoms with van der Waals surface area (Å²) in [4.78, 5) is 12.2. The van der Waals surface area contributed by atoms with Gasteiger partial charge in [-0.05, 0) is 37.3 Å². The lowest BCUT2D eigenvalue weighted by molar-refractivity contribution is 0.262. The maximum atomic E-state index is 12.2. The van der Waals surface area contributed by atoms with Gasteiger partial charge >= 0.3 is 6.03 Å². The molecule has 23 heavy (non-hydrogen) atoms. The van der Waals surface area contributed by atoms with Crippen LogP contribution in [-0.2, 0) is 7.05 Å². The largest absolute Gasteiger partial charge is 0.494 e. The van der Waals surface area contributed by atoms with Gasteiger partial charge in [-0.2, -0.15) is 0 Å². The van der Waals surface area contributed by atoms with Crippen molar-refractivity contribution in [1.29, 1.82) is 0 Å². The van der Waals surface area contributed by atoms with Crippen molar-refractivity contribution in [2.75, 3.05) is 17.2 Å². The van der Waals surface area contributed by atoms with E-state index in [1.165, 1.54) is 0 Å². The number of fused-ring (bicyclic) bond motifs is 1. The van der Waals surface area contributed by atoms with Gasteiger partial charge in [-0.3, -0.25) is 0 Å². The Labute approximate surface area is 134 Å². The highest BCUT2D eigenvalue weighted by Gasteiger charge is 2.09. The second kappa shape index (κ2) is 6.44. The molecule has 0 fully saturated rings. The Morgan fingerprint density at radius 2 is 1.83 bits per heavy atom. The number of aromatic nitrogens is 1. The average Bonchev–Trinajstić information content (AvgIpc) is 2.86. The van der Waals surface area contributed by atoms with E-state index in [9.17, 15) is 4.79 Å². The molecule has 1 aromatic heterocycles. The minimum absolute atomic E-state index is 0.273. The summed E-state index contributed by atoms with van der Waals surface area (Å²) in [5, 5.41) is 6.72. The zero-order valence-electron chi connectivity index (χ0n) is 13.2. The molecule has 3 aromatic rings. The summed E-state index contributed by atoms with van der Waals surface area (Å²) >= 11 is 0. The first-order valence-corrected chi connectivity index (χ1v) is 7.52. The number of carbonyl (C=O) groups is 1. The van der Waals surface area contributed by atoms with Gasteiger partial charge in [0.25, 0.3) is 0 Å². The first kappa shape index (κ1) is 15.0. The molecule has 2 N–H and O–H groups in total. The summed E-state index contributed by atoms with van der Waals surface area (Å²) in [6.07, 6.45) is 1.91. The molecule has 0 aliphatic carbocycles. The van der Waals surface area contributed by atoms with E-state index in [-0.39, 0.29) is 6.03 Å². The number of nitrogens with one attached hydrogen (secondary N) is 2. The Morgan fingerprint density at radius 3 is 2.57 bits per heavy atom. The molecule has 0 aliphatic rings. The van der Waals surface area contributed by atoms with Gasteiger partial charge < -0.3 is 19.9 Å². The fourth-order valence-electron chi connectivity index (χ4n) is 2.53. The number of rotatable bonds is 4. The van der Waals surface area contributed by atoms with Crippen molar-refractivity contribution in [2.45, 2.75) is 6.92 Å². The van der Waals surface area contributed by atoms with Crippen molar-refractivity contribution >= 4 is 28.3 Å². The van der Waals surface area contributed by atoms with Crippen molar-refractivity contribution in [3.05, 3.63) is 54.7 Å². The van der Waals surface area contributed by atoms with Crippen LogP contribution in [0.25, 0.3) is 10.9 Å². The predicted octanol–water partition coefficient (Wildman–Crippen LogP) is 4.22. The number of urea groups is 1. The van der Waals surface area contributed by atoms with Gasteiger partial charge in [0.15, 0.2) is 0 Å². The van der Waals surface area contributed by atoms with Crippen LogP contribution in [0.5, 0.6) is 5.75 Å². The Bertz CT molecular complexity index is 822. The molecule has 0 aliphatic heterocycles. The van der Waals surface area contributed by atoms with Gasteiger partial charge in [-0.15, -0.1) is 0 Å². The number of hydrogen-bond donors (Lipinski definition) is 2. The number of ether oxygens (including phenoxy) is 1. The quantitative estimate of drug-likeness (QED) is 0.758. The number of amides is 2. The van der Waals surface area contributed by atoms with Gasteiger partial charge in [0.2, 0.25) is 0 Å². The summed E-state index contributed by atoms with van der Waals surface area (Å²) in [7, 11) is 1.96. The Balaban J connectivity index is 1.71. The number of carbonyl (C=O) groups excluding carboxylic acids is 1. The molecular weight excluding hydrogens is 290 g/mol. The van der Waals surface area contributed by atoms with Crippen LogP contribution in [0.2, 0.25) is 0 Å². The lowest BCUT2D eigenvalue weighted by Gasteiger charge is -2.08. The van der Waals surface area contributed by atoms with Gasteiger partial charge in [0, 0.05) is 29.8 Å². The topological polar surface area (TPSA) is 55.3 Å². The van der Waals surface area contributed by atoms with E-state index in [0.717, 1.165) is 22.3 Å². The molecule has 0 bridgehead atoms. The number of benzene rings is 2. The van der Waals surface area contributed by atoms with Crippen molar-refractivity contribution in [1.82, 2.24) is 4.57 Å². The zero-order valence-corrected chi connectivity index (χ0v) is 13.2. The summed E-state index contributed by atoms with van der Waals surface area (Å²) in [6, 6.07) is 15.0. The molecule has 0 atom stereocenters. The van der Waals surface area contributed by atoms with E-state index in [2.05, 4.69) is 10.6 Å². The van der Waals surface area contributed by atoms with E-state index in [1.54, 1.807) is 0 Å². The fourth-order valence-corrected chi connectivity index (χ4v) is 2.53. The molecule has 3 rings (SSSR count). The number of hydrogen-bond acceptors (Lipinski definition) is 2. The minimum Gasteiger partial charge on any atom is -0.494 e. The van der Waals surface area contributed by atoms with Crippen molar-refractivity contribution in [2.24, 2.45) is 7.05 Å². The molecule has 0 radical (unpaired) electrons. The van der Waals surface area contributed by atoms with Crippen molar-refractivity contribution in [3.8, 4) is 5.75 Å². The second-order valence-corrected chi connectivity index (χ2v) is 5.21. The average molecular weight is 309 g/mol.